The van der Waals surface area contributed by atoms with Crippen molar-refractivity contribution in [3.05, 3.63) is 71.3 Å². The van der Waals surface area contributed by atoms with Gasteiger partial charge in [0.2, 0.25) is 0 Å². The van der Waals surface area contributed by atoms with Crippen molar-refractivity contribution in [1.29, 1.82) is 0 Å². The standard InChI is InChI=1S/C25H28N4O2S/c1-15-13-19(16(2)28(15)17-8-9-17)24-23(20-7-5-6-12-26-20)27-25(32)29(24)21-11-10-18(30-3)14-22(21)31-4/h5-7,10-14,17,23-24H,8-9H2,1-4H3,(H,27,32)/t23-,24+/m1/s1. The van der Waals surface area contributed by atoms with Crippen LogP contribution in [0.1, 0.15) is 53.6 Å². The van der Waals surface area contributed by atoms with Crippen LogP contribution in [0.2, 0.25) is 0 Å². The number of nitrogens with zero attached hydrogens (tertiary/aromatic N) is 3. The minimum Gasteiger partial charge on any atom is -0.497 e. The van der Waals surface area contributed by atoms with Gasteiger partial charge in [-0.05, 0) is 74.8 Å². The maximum absolute atomic E-state index is 5.89. The van der Waals surface area contributed by atoms with Crippen LogP contribution in [0, 0.1) is 13.8 Å². The Labute approximate surface area is 194 Å². The molecule has 166 valence electrons. The lowest BCUT2D eigenvalue weighted by molar-refractivity contribution is 0.394. The van der Waals surface area contributed by atoms with E-state index < -0.39 is 0 Å². The maximum Gasteiger partial charge on any atom is 0.174 e. The van der Waals surface area contributed by atoms with Gasteiger partial charge in [0, 0.05) is 29.7 Å². The van der Waals surface area contributed by atoms with Crippen LogP contribution in [0.5, 0.6) is 11.5 Å². The third-order valence-electron chi connectivity index (χ3n) is 6.50. The summed E-state index contributed by atoms with van der Waals surface area (Å²) in [5.74, 6) is 1.46. The van der Waals surface area contributed by atoms with E-state index in [4.69, 9.17) is 21.7 Å². The van der Waals surface area contributed by atoms with Crippen molar-refractivity contribution in [3.63, 3.8) is 0 Å². The Hall–Kier alpha value is -3.06. The number of hydrogen-bond acceptors (Lipinski definition) is 4. The average molecular weight is 449 g/mol. The second-order valence-corrected chi connectivity index (χ2v) is 8.85. The number of aryl methyl sites for hydroxylation is 1. The van der Waals surface area contributed by atoms with Crippen LogP contribution in [0.4, 0.5) is 5.69 Å². The van der Waals surface area contributed by atoms with Gasteiger partial charge in [-0.25, -0.2) is 0 Å². The van der Waals surface area contributed by atoms with Crippen LogP contribution >= 0.6 is 12.2 Å². The first-order chi connectivity index (χ1) is 15.5. The molecular weight excluding hydrogens is 420 g/mol. The van der Waals surface area contributed by atoms with E-state index in [0.717, 1.165) is 22.9 Å². The number of ether oxygens (including phenoxy) is 2. The van der Waals surface area contributed by atoms with E-state index in [9.17, 15) is 0 Å². The van der Waals surface area contributed by atoms with Crippen LogP contribution in [-0.4, -0.2) is 28.9 Å². The Morgan fingerprint density at radius 3 is 2.53 bits per heavy atom. The minimum atomic E-state index is -0.0799. The lowest BCUT2D eigenvalue weighted by atomic mass is 9.96. The molecule has 0 amide bonds. The fraction of sp³-hybridized carbons (Fsp3) is 0.360. The van der Waals surface area contributed by atoms with Crippen molar-refractivity contribution in [3.8, 4) is 11.5 Å². The molecule has 6 nitrogen and oxygen atoms in total. The van der Waals surface area contributed by atoms with E-state index in [0.29, 0.717) is 11.2 Å². The van der Waals surface area contributed by atoms with Gasteiger partial charge < -0.3 is 24.3 Å². The number of pyridine rings is 1. The smallest absolute Gasteiger partial charge is 0.174 e. The molecule has 1 N–H and O–H groups in total. The largest absolute Gasteiger partial charge is 0.497 e. The summed E-state index contributed by atoms with van der Waals surface area (Å²) in [6, 6.07) is 14.7. The zero-order chi connectivity index (χ0) is 22.4. The Morgan fingerprint density at radius 1 is 1.06 bits per heavy atom. The number of nitrogens with one attached hydrogen (secondary N) is 1. The first-order valence-corrected chi connectivity index (χ1v) is 11.3. The number of methoxy groups -OCH3 is 2. The molecule has 1 saturated carbocycles. The van der Waals surface area contributed by atoms with Crippen LogP contribution in [0.25, 0.3) is 0 Å². The zero-order valence-corrected chi connectivity index (χ0v) is 19.6. The van der Waals surface area contributed by atoms with Crippen LogP contribution in [0.15, 0.2) is 48.7 Å². The predicted octanol–water partition coefficient (Wildman–Crippen LogP) is 5.03. The van der Waals surface area contributed by atoms with Crippen molar-refractivity contribution in [2.24, 2.45) is 0 Å². The van der Waals surface area contributed by atoms with Gasteiger partial charge in [0.15, 0.2) is 5.11 Å². The van der Waals surface area contributed by atoms with Gasteiger partial charge in [0.25, 0.3) is 0 Å². The number of rotatable bonds is 6. The summed E-state index contributed by atoms with van der Waals surface area (Å²) >= 11 is 5.89. The molecule has 3 aromatic rings. The summed E-state index contributed by atoms with van der Waals surface area (Å²) in [5.41, 5.74) is 5.71. The third-order valence-corrected chi connectivity index (χ3v) is 6.81. The highest BCUT2D eigenvalue weighted by molar-refractivity contribution is 7.80. The zero-order valence-electron chi connectivity index (χ0n) is 18.8. The van der Waals surface area contributed by atoms with E-state index >= 15 is 0 Å². The molecule has 0 radical (unpaired) electrons. The van der Waals surface area contributed by atoms with Crippen LogP contribution < -0.4 is 19.7 Å². The maximum atomic E-state index is 5.89. The van der Waals surface area contributed by atoms with Gasteiger partial charge in [0.1, 0.15) is 11.5 Å². The molecule has 7 heteroatoms. The molecule has 0 spiro atoms. The fourth-order valence-electron chi connectivity index (χ4n) is 4.91. The molecule has 32 heavy (non-hydrogen) atoms. The Bertz CT molecular complexity index is 1160. The second-order valence-electron chi connectivity index (χ2n) is 8.46. The van der Waals surface area contributed by atoms with Crippen molar-refractivity contribution < 1.29 is 9.47 Å². The van der Waals surface area contributed by atoms with Gasteiger partial charge >= 0.3 is 0 Å². The fourth-order valence-corrected chi connectivity index (χ4v) is 5.25. The van der Waals surface area contributed by atoms with Crippen molar-refractivity contribution in [2.45, 2.75) is 44.8 Å². The van der Waals surface area contributed by atoms with Gasteiger partial charge in [-0.15, -0.1) is 0 Å². The predicted molar refractivity (Wildman–Crippen MR) is 130 cm³/mol. The Balaban J connectivity index is 1.68. The topological polar surface area (TPSA) is 51.5 Å². The van der Waals surface area contributed by atoms with Gasteiger partial charge in [-0.1, -0.05) is 6.07 Å². The molecule has 2 aliphatic rings. The molecule has 1 aliphatic heterocycles. The van der Waals surface area contributed by atoms with Crippen molar-refractivity contribution >= 4 is 23.0 Å². The molecule has 1 aromatic carbocycles. The molecule has 1 aliphatic carbocycles. The normalized spacial score (nSPS) is 20.4. The molecule has 0 unspecified atom stereocenters. The summed E-state index contributed by atoms with van der Waals surface area (Å²) in [5, 5.41) is 4.20. The van der Waals surface area contributed by atoms with Crippen molar-refractivity contribution in [1.82, 2.24) is 14.9 Å². The summed E-state index contributed by atoms with van der Waals surface area (Å²) in [4.78, 5) is 6.84. The van der Waals surface area contributed by atoms with E-state index in [1.165, 1.54) is 29.8 Å². The highest BCUT2D eigenvalue weighted by Gasteiger charge is 2.43. The highest BCUT2D eigenvalue weighted by atomic mass is 32.1. The lowest BCUT2D eigenvalue weighted by Crippen LogP contribution is -2.30. The number of anilines is 1. The molecule has 2 atom stereocenters. The Morgan fingerprint density at radius 2 is 1.88 bits per heavy atom. The molecule has 1 saturated heterocycles. The average Bonchev–Trinajstić information content (AvgIpc) is 3.52. The number of aromatic nitrogens is 2. The summed E-state index contributed by atoms with van der Waals surface area (Å²) in [7, 11) is 3.33. The first-order valence-electron chi connectivity index (χ1n) is 10.9. The summed E-state index contributed by atoms with van der Waals surface area (Å²) < 4.78 is 13.6. The first kappa shape index (κ1) is 20.8. The molecule has 0 bridgehead atoms. The quantitative estimate of drug-likeness (QED) is 0.534. The minimum absolute atomic E-state index is 0.0570. The molecule has 2 fully saturated rings. The van der Waals surface area contributed by atoms with Crippen LogP contribution in [0.3, 0.4) is 0 Å². The molecule has 2 aromatic heterocycles. The Kier molecular flexibility index (Phi) is 5.29. The number of hydrogen-bond donors (Lipinski definition) is 1. The van der Waals surface area contributed by atoms with Gasteiger partial charge in [-0.3, -0.25) is 4.98 Å². The van der Waals surface area contributed by atoms with Crippen molar-refractivity contribution in [2.75, 3.05) is 19.1 Å². The highest BCUT2D eigenvalue weighted by Crippen LogP contribution is 2.48. The SMILES string of the molecule is COc1ccc(N2C(=S)N[C@H](c3ccccn3)[C@@H]2c2cc(C)n(C3CC3)c2C)c(OC)c1. The molecule has 3 heterocycles. The monoisotopic (exact) mass is 448 g/mol. The van der Waals surface area contributed by atoms with Gasteiger partial charge in [-0.2, -0.15) is 0 Å². The van der Waals surface area contributed by atoms with Crippen LogP contribution in [-0.2, 0) is 0 Å². The summed E-state index contributed by atoms with van der Waals surface area (Å²) in [6.45, 7) is 4.42. The van der Waals surface area contributed by atoms with Gasteiger partial charge in [0.05, 0.1) is 37.7 Å². The second kappa shape index (κ2) is 8.13. The molecule has 5 rings (SSSR count). The van der Waals surface area contributed by atoms with E-state index in [2.05, 4.69) is 45.7 Å². The lowest BCUT2D eigenvalue weighted by Gasteiger charge is -2.29. The van der Waals surface area contributed by atoms with E-state index in [1.54, 1.807) is 14.2 Å². The third kappa shape index (κ3) is 3.41. The number of thiocarbonyl (C=S) groups is 1. The van der Waals surface area contributed by atoms with E-state index in [-0.39, 0.29) is 12.1 Å². The summed E-state index contributed by atoms with van der Waals surface area (Å²) in [6.07, 6.45) is 4.33. The van der Waals surface area contributed by atoms with E-state index in [1.807, 2.05) is 36.5 Å². The molecular formula is C25H28N4O2S. The number of benzene rings is 1.